The predicted molar refractivity (Wildman–Crippen MR) is 87.7 cm³/mol. The van der Waals surface area contributed by atoms with Crippen LogP contribution in [-0.2, 0) is 16.1 Å². The van der Waals surface area contributed by atoms with E-state index in [0.717, 1.165) is 0 Å². The van der Waals surface area contributed by atoms with Gasteiger partial charge in [0, 0.05) is 20.0 Å². The summed E-state index contributed by atoms with van der Waals surface area (Å²) < 4.78 is 16.0. The van der Waals surface area contributed by atoms with E-state index in [9.17, 15) is 9.59 Å². The van der Waals surface area contributed by atoms with Gasteiger partial charge in [-0.15, -0.1) is 0 Å². The number of amides is 1. The van der Waals surface area contributed by atoms with Crippen molar-refractivity contribution in [3.63, 3.8) is 0 Å². The van der Waals surface area contributed by atoms with Crippen LogP contribution in [0.1, 0.15) is 28.5 Å². The monoisotopic (exact) mass is 361 g/mol. The summed E-state index contributed by atoms with van der Waals surface area (Å²) in [6.07, 6.45) is -0.653. The van der Waals surface area contributed by atoms with Gasteiger partial charge in [0.1, 0.15) is 5.75 Å². The number of carbonyl (C=O) groups is 2. The zero-order valence-corrected chi connectivity index (χ0v) is 14.3. The second kappa shape index (κ2) is 7.96. The third-order valence-electron chi connectivity index (χ3n) is 3.87. The van der Waals surface area contributed by atoms with E-state index in [4.69, 9.17) is 19.1 Å². The van der Waals surface area contributed by atoms with Crippen LogP contribution in [0.15, 0.2) is 28.8 Å². The molecule has 9 heteroatoms. The Bertz CT molecular complexity index is 790. The molecule has 0 spiro atoms. The van der Waals surface area contributed by atoms with E-state index in [0.29, 0.717) is 36.2 Å². The Morgan fingerprint density at radius 2 is 2.19 bits per heavy atom. The molecule has 9 nitrogen and oxygen atoms in total. The van der Waals surface area contributed by atoms with Gasteiger partial charge in [-0.3, -0.25) is 9.59 Å². The van der Waals surface area contributed by atoms with Crippen LogP contribution >= 0.6 is 0 Å². The number of benzene rings is 1. The molecule has 1 aliphatic rings. The number of carboxylic acid groups (broad SMARTS) is 1. The molecule has 0 bridgehead atoms. The zero-order valence-electron chi connectivity index (χ0n) is 14.3. The number of aryl methyl sites for hydroxylation is 1. The van der Waals surface area contributed by atoms with Crippen molar-refractivity contribution in [2.24, 2.45) is 0 Å². The Kier molecular flexibility index (Phi) is 5.47. The summed E-state index contributed by atoms with van der Waals surface area (Å²) in [5.74, 6) is 0.0386. The highest BCUT2D eigenvalue weighted by Crippen LogP contribution is 2.22. The average Bonchev–Trinajstić information content (AvgIpc) is 3.04. The SMILES string of the molecule is Cc1nc(COc2ccccc2C(=O)N2CCO[C@@H](CC(=O)O)C2)no1. The summed E-state index contributed by atoms with van der Waals surface area (Å²) in [4.78, 5) is 29.4. The molecular formula is C17H19N3O6. The zero-order chi connectivity index (χ0) is 18.5. The van der Waals surface area contributed by atoms with Gasteiger partial charge in [-0.25, -0.2) is 0 Å². The Hall–Kier alpha value is -2.94. The van der Waals surface area contributed by atoms with E-state index >= 15 is 0 Å². The molecule has 1 amide bonds. The van der Waals surface area contributed by atoms with Crippen LogP contribution in [0.25, 0.3) is 0 Å². The Morgan fingerprint density at radius 1 is 1.38 bits per heavy atom. The lowest BCUT2D eigenvalue weighted by Gasteiger charge is -2.32. The third kappa shape index (κ3) is 4.37. The van der Waals surface area contributed by atoms with Gasteiger partial charge in [0.2, 0.25) is 11.7 Å². The lowest BCUT2D eigenvalue weighted by Crippen LogP contribution is -2.46. The summed E-state index contributed by atoms with van der Waals surface area (Å²) in [6.45, 7) is 2.68. The lowest BCUT2D eigenvalue weighted by molar-refractivity contribution is -0.141. The molecule has 1 fully saturated rings. The number of aliphatic carboxylic acids is 1. The Labute approximate surface area is 149 Å². The molecule has 1 saturated heterocycles. The second-order valence-corrected chi connectivity index (χ2v) is 5.86. The highest BCUT2D eigenvalue weighted by Gasteiger charge is 2.28. The highest BCUT2D eigenvalue weighted by molar-refractivity contribution is 5.97. The Morgan fingerprint density at radius 3 is 2.92 bits per heavy atom. The molecular weight excluding hydrogens is 342 g/mol. The maximum atomic E-state index is 12.9. The fourth-order valence-corrected chi connectivity index (χ4v) is 2.70. The van der Waals surface area contributed by atoms with Crippen molar-refractivity contribution >= 4 is 11.9 Å². The molecule has 2 aromatic rings. The summed E-state index contributed by atoms with van der Waals surface area (Å²) in [7, 11) is 0. The number of carbonyl (C=O) groups excluding carboxylic acids is 1. The van der Waals surface area contributed by atoms with E-state index in [1.165, 1.54) is 0 Å². The maximum absolute atomic E-state index is 12.9. The first-order valence-corrected chi connectivity index (χ1v) is 8.16. The number of morpholine rings is 1. The van der Waals surface area contributed by atoms with Gasteiger partial charge in [0.05, 0.1) is 24.7 Å². The van der Waals surface area contributed by atoms with Crippen molar-refractivity contribution < 1.29 is 28.7 Å². The number of hydrogen-bond donors (Lipinski definition) is 1. The molecule has 0 saturated carbocycles. The molecule has 1 N–H and O–H groups in total. The van der Waals surface area contributed by atoms with Crippen molar-refractivity contribution in [2.75, 3.05) is 19.7 Å². The van der Waals surface area contributed by atoms with Crippen molar-refractivity contribution in [3.05, 3.63) is 41.5 Å². The largest absolute Gasteiger partial charge is 0.485 e. The molecule has 138 valence electrons. The van der Waals surface area contributed by atoms with E-state index in [-0.39, 0.29) is 25.5 Å². The van der Waals surface area contributed by atoms with E-state index in [2.05, 4.69) is 10.1 Å². The minimum Gasteiger partial charge on any atom is -0.485 e. The van der Waals surface area contributed by atoms with Gasteiger partial charge < -0.3 is 24.0 Å². The first-order chi connectivity index (χ1) is 12.5. The van der Waals surface area contributed by atoms with Crippen LogP contribution in [0.4, 0.5) is 0 Å². The lowest BCUT2D eigenvalue weighted by atomic mass is 10.1. The summed E-state index contributed by atoms with van der Waals surface area (Å²) in [5, 5.41) is 12.7. The second-order valence-electron chi connectivity index (χ2n) is 5.86. The fourth-order valence-electron chi connectivity index (χ4n) is 2.70. The quantitative estimate of drug-likeness (QED) is 0.818. The van der Waals surface area contributed by atoms with Gasteiger partial charge in [-0.2, -0.15) is 4.98 Å². The van der Waals surface area contributed by atoms with Gasteiger partial charge in [0.25, 0.3) is 5.91 Å². The van der Waals surface area contributed by atoms with Crippen LogP contribution in [0, 0.1) is 6.92 Å². The number of para-hydroxylation sites is 1. The van der Waals surface area contributed by atoms with Crippen molar-refractivity contribution in [1.29, 1.82) is 0 Å². The van der Waals surface area contributed by atoms with E-state index in [1.807, 2.05) is 0 Å². The number of rotatable bonds is 6. The summed E-state index contributed by atoms with van der Waals surface area (Å²) in [5.41, 5.74) is 0.392. The number of hydrogen-bond acceptors (Lipinski definition) is 7. The molecule has 0 aliphatic carbocycles. The minimum atomic E-state index is -0.955. The average molecular weight is 361 g/mol. The van der Waals surface area contributed by atoms with Crippen LogP contribution in [0.2, 0.25) is 0 Å². The molecule has 0 unspecified atom stereocenters. The molecule has 26 heavy (non-hydrogen) atoms. The molecule has 0 radical (unpaired) electrons. The molecule has 1 aliphatic heterocycles. The number of ether oxygens (including phenoxy) is 2. The van der Waals surface area contributed by atoms with Gasteiger partial charge in [-0.1, -0.05) is 17.3 Å². The summed E-state index contributed by atoms with van der Waals surface area (Å²) >= 11 is 0. The van der Waals surface area contributed by atoms with Crippen molar-refractivity contribution in [1.82, 2.24) is 15.0 Å². The predicted octanol–water partition coefficient (Wildman–Crippen LogP) is 1.27. The van der Waals surface area contributed by atoms with Crippen LogP contribution in [0.3, 0.4) is 0 Å². The highest BCUT2D eigenvalue weighted by atomic mass is 16.5. The number of aromatic nitrogens is 2. The van der Waals surface area contributed by atoms with Crippen molar-refractivity contribution in [3.8, 4) is 5.75 Å². The van der Waals surface area contributed by atoms with Crippen LogP contribution in [0.5, 0.6) is 5.75 Å². The molecule has 1 atom stereocenters. The normalized spacial score (nSPS) is 17.1. The number of nitrogens with zero attached hydrogens (tertiary/aromatic N) is 3. The number of carboxylic acids is 1. The summed E-state index contributed by atoms with van der Waals surface area (Å²) in [6, 6.07) is 6.87. The maximum Gasteiger partial charge on any atom is 0.306 e. The third-order valence-corrected chi connectivity index (χ3v) is 3.87. The van der Waals surface area contributed by atoms with Gasteiger partial charge in [0.15, 0.2) is 6.61 Å². The topological polar surface area (TPSA) is 115 Å². The van der Waals surface area contributed by atoms with Crippen molar-refractivity contribution in [2.45, 2.75) is 26.1 Å². The standard InChI is InChI=1S/C17H19N3O6/c1-11-18-15(19-26-11)10-25-14-5-3-2-4-13(14)17(23)20-6-7-24-12(9-20)8-16(21)22/h2-5,12H,6-10H2,1H3,(H,21,22)/t12-/m0/s1. The molecule has 1 aromatic heterocycles. The Balaban J connectivity index is 1.69. The molecule has 2 heterocycles. The smallest absolute Gasteiger partial charge is 0.306 e. The minimum absolute atomic E-state index is 0.0758. The van der Waals surface area contributed by atoms with E-state index in [1.54, 1.807) is 36.1 Å². The van der Waals surface area contributed by atoms with Gasteiger partial charge >= 0.3 is 5.97 Å². The molecule has 1 aromatic carbocycles. The van der Waals surface area contributed by atoms with Crippen LogP contribution in [-0.4, -0.2) is 57.8 Å². The van der Waals surface area contributed by atoms with E-state index < -0.39 is 12.1 Å². The van der Waals surface area contributed by atoms with Gasteiger partial charge in [-0.05, 0) is 12.1 Å². The molecule has 3 rings (SSSR count). The fraction of sp³-hybridized carbons (Fsp3) is 0.412. The first kappa shape index (κ1) is 17.9. The first-order valence-electron chi connectivity index (χ1n) is 8.16. The van der Waals surface area contributed by atoms with Crippen LogP contribution < -0.4 is 4.74 Å².